The summed E-state index contributed by atoms with van der Waals surface area (Å²) in [6.45, 7) is 12.4. The van der Waals surface area contributed by atoms with E-state index in [0.29, 0.717) is 0 Å². The van der Waals surface area contributed by atoms with Crippen LogP contribution in [0, 0.1) is 0 Å². The quantitative estimate of drug-likeness (QED) is 0.576. The molecule has 0 aliphatic carbocycles. The van der Waals surface area contributed by atoms with E-state index in [4.69, 9.17) is 13.6 Å². The van der Waals surface area contributed by atoms with Crippen molar-refractivity contribution in [3.63, 3.8) is 0 Å². The monoisotopic (exact) mass is 298 g/mol. The summed E-state index contributed by atoms with van der Waals surface area (Å²) in [6, 6.07) is 9.68. The standard InChI is InChI=1S/C16H27O3P/c1-7-15(3,4)18-20(19-16(5,6)8-2)17-14-12-10-9-11-13-14/h9-13H,7-8H2,1-6H3. The second-order valence-corrected chi connectivity index (χ2v) is 7.03. The highest BCUT2D eigenvalue weighted by Gasteiger charge is 2.31. The molecule has 0 aliphatic heterocycles. The predicted octanol–water partition coefficient (Wildman–Crippen LogP) is 5.70. The van der Waals surface area contributed by atoms with Crippen LogP contribution in [0.5, 0.6) is 5.75 Å². The fraction of sp³-hybridized carbons (Fsp3) is 0.625. The summed E-state index contributed by atoms with van der Waals surface area (Å²) in [5.74, 6) is 0.775. The van der Waals surface area contributed by atoms with E-state index < -0.39 is 8.60 Å². The molecule has 0 aliphatic rings. The second kappa shape index (κ2) is 7.40. The third-order valence-electron chi connectivity index (χ3n) is 3.27. The highest BCUT2D eigenvalue weighted by molar-refractivity contribution is 7.42. The molecule has 0 bridgehead atoms. The van der Waals surface area contributed by atoms with Crippen molar-refractivity contribution in [3.8, 4) is 5.75 Å². The van der Waals surface area contributed by atoms with Gasteiger partial charge in [-0.05, 0) is 52.7 Å². The molecule has 0 heterocycles. The van der Waals surface area contributed by atoms with Gasteiger partial charge in [0.1, 0.15) is 5.75 Å². The minimum atomic E-state index is -1.42. The van der Waals surface area contributed by atoms with Gasteiger partial charge in [0.2, 0.25) is 0 Å². The van der Waals surface area contributed by atoms with Crippen molar-refractivity contribution >= 4 is 8.60 Å². The first-order chi connectivity index (χ1) is 9.28. The molecule has 1 aromatic carbocycles. The molecule has 1 aromatic rings. The SMILES string of the molecule is CCC(C)(C)OP(Oc1ccccc1)OC(C)(C)CC. The molecule has 0 amide bonds. The van der Waals surface area contributed by atoms with E-state index in [2.05, 4.69) is 41.5 Å². The zero-order valence-corrected chi connectivity index (χ0v) is 14.4. The second-order valence-electron chi connectivity index (χ2n) is 6.04. The lowest BCUT2D eigenvalue weighted by Crippen LogP contribution is -2.27. The Balaban J connectivity index is 2.79. The lowest BCUT2D eigenvalue weighted by Gasteiger charge is -2.32. The van der Waals surface area contributed by atoms with Gasteiger partial charge in [-0.3, -0.25) is 9.05 Å². The van der Waals surface area contributed by atoms with Gasteiger partial charge in [0.25, 0.3) is 0 Å². The van der Waals surface area contributed by atoms with Crippen molar-refractivity contribution < 1.29 is 13.6 Å². The van der Waals surface area contributed by atoms with Gasteiger partial charge in [-0.25, -0.2) is 0 Å². The van der Waals surface area contributed by atoms with Gasteiger partial charge in [-0.2, -0.15) is 0 Å². The number of rotatable bonds is 8. The van der Waals surface area contributed by atoms with Crippen molar-refractivity contribution in [1.82, 2.24) is 0 Å². The van der Waals surface area contributed by atoms with Crippen LogP contribution in [0.4, 0.5) is 0 Å². The Hall–Kier alpha value is -0.630. The number of para-hydroxylation sites is 1. The van der Waals surface area contributed by atoms with Gasteiger partial charge < -0.3 is 4.52 Å². The van der Waals surface area contributed by atoms with Gasteiger partial charge in [0, 0.05) is 0 Å². The van der Waals surface area contributed by atoms with Crippen LogP contribution >= 0.6 is 8.60 Å². The van der Waals surface area contributed by atoms with Crippen LogP contribution in [0.2, 0.25) is 0 Å². The average molecular weight is 298 g/mol. The molecule has 0 saturated heterocycles. The smallest absolute Gasteiger partial charge is 0.398 e. The molecule has 1 rings (SSSR count). The third kappa shape index (κ3) is 6.21. The van der Waals surface area contributed by atoms with E-state index in [1.807, 2.05) is 30.3 Å². The fourth-order valence-electron chi connectivity index (χ4n) is 1.16. The maximum atomic E-state index is 6.05. The summed E-state index contributed by atoms with van der Waals surface area (Å²) in [5, 5.41) is 0. The molecule has 20 heavy (non-hydrogen) atoms. The summed E-state index contributed by atoms with van der Waals surface area (Å²) in [7, 11) is -1.42. The molecular formula is C16H27O3P. The van der Waals surface area contributed by atoms with Crippen LogP contribution in [0.1, 0.15) is 54.4 Å². The van der Waals surface area contributed by atoms with Gasteiger partial charge in [-0.15, -0.1) is 0 Å². The van der Waals surface area contributed by atoms with Crippen LogP contribution in [0.3, 0.4) is 0 Å². The Kier molecular flexibility index (Phi) is 6.44. The van der Waals surface area contributed by atoms with Gasteiger partial charge in [0.05, 0.1) is 11.2 Å². The van der Waals surface area contributed by atoms with Gasteiger partial charge >= 0.3 is 8.60 Å². The highest BCUT2D eigenvalue weighted by Crippen LogP contribution is 2.48. The number of hydrogen-bond acceptors (Lipinski definition) is 3. The molecule has 0 N–H and O–H groups in total. The van der Waals surface area contributed by atoms with Crippen LogP contribution < -0.4 is 4.52 Å². The van der Waals surface area contributed by atoms with E-state index in [-0.39, 0.29) is 11.2 Å². The lowest BCUT2D eigenvalue weighted by molar-refractivity contribution is 0.0299. The summed E-state index contributed by atoms with van der Waals surface area (Å²) in [5.41, 5.74) is -0.519. The normalized spacial score (nSPS) is 12.8. The van der Waals surface area contributed by atoms with E-state index in [1.165, 1.54) is 0 Å². The Morgan fingerprint density at radius 3 is 1.70 bits per heavy atom. The molecule has 0 atom stereocenters. The Morgan fingerprint density at radius 1 is 0.850 bits per heavy atom. The van der Waals surface area contributed by atoms with Gasteiger partial charge in [-0.1, -0.05) is 32.0 Å². The highest BCUT2D eigenvalue weighted by atomic mass is 31.2. The first-order valence-electron chi connectivity index (χ1n) is 7.19. The first kappa shape index (κ1) is 17.4. The zero-order valence-electron chi connectivity index (χ0n) is 13.5. The third-order valence-corrected chi connectivity index (χ3v) is 4.92. The molecule has 0 aromatic heterocycles. The number of benzene rings is 1. The summed E-state index contributed by atoms with van der Waals surface area (Å²) >= 11 is 0. The minimum absolute atomic E-state index is 0.260. The van der Waals surface area contributed by atoms with Crippen molar-refractivity contribution in [2.24, 2.45) is 0 Å². The molecule has 0 fully saturated rings. The molecular weight excluding hydrogens is 271 g/mol. The fourth-order valence-corrected chi connectivity index (χ4v) is 2.63. The summed E-state index contributed by atoms with van der Waals surface area (Å²) in [4.78, 5) is 0. The molecule has 0 unspecified atom stereocenters. The lowest BCUT2D eigenvalue weighted by atomic mass is 10.1. The van der Waals surface area contributed by atoms with Crippen LogP contribution in [-0.2, 0) is 9.05 Å². The van der Waals surface area contributed by atoms with Crippen LogP contribution in [0.15, 0.2) is 30.3 Å². The van der Waals surface area contributed by atoms with E-state index in [1.54, 1.807) is 0 Å². The molecule has 0 saturated carbocycles. The van der Waals surface area contributed by atoms with Crippen molar-refractivity contribution in [2.45, 2.75) is 65.6 Å². The zero-order chi connectivity index (χ0) is 15.2. The number of hydrogen-bond donors (Lipinski definition) is 0. The van der Waals surface area contributed by atoms with Gasteiger partial charge in [0.15, 0.2) is 0 Å². The molecule has 0 radical (unpaired) electrons. The first-order valence-corrected chi connectivity index (χ1v) is 8.29. The molecule has 114 valence electrons. The minimum Gasteiger partial charge on any atom is -0.427 e. The molecule has 3 nitrogen and oxygen atoms in total. The van der Waals surface area contributed by atoms with Crippen molar-refractivity contribution in [1.29, 1.82) is 0 Å². The Labute approximate surface area is 124 Å². The van der Waals surface area contributed by atoms with Crippen LogP contribution in [-0.4, -0.2) is 11.2 Å². The van der Waals surface area contributed by atoms with E-state index in [9.17, 15) is 0 Å². The maximum Gasteiger partial charge on any atom is 0.398 e. The van der Waals surface area contributed by atoms with E-state index in [0.717, 1.165) is 18.6 Å². The van der Waals surface area contributed by atoms with Crippen molar-refractivity contribution in [3.05, 3.63) is 30.3 Å². The summed E-state index contributed by atoms with van der Waals surface area (Å²) < 4.78 is 18.0. The Morgan fingerprint density at radius 2 is 1.30 bits per heavy atom. The molecule has 4 heteroatoms. The Bertz CT molecular complexity index is 372. The van der Waals surface area contributed by atoms with E-state index >= 15 is 0 Å². The summed E-state index contributed by atoms with van der Waals surface area (Å²) in [6.07, 6.45) is 1.81. The van der Waals surface area contributed by atoms with Crippen LogP contribution in [0.25, 0.3) is 0 Å². The average Bonchev–Trinajstić information content (AvgIpc) is 2.39. The van der Waals surface area contributed by atoms with Crippen molar-refractivity contribution in [2.75, 3.05) is 0 Å². The maximum absolute atomic E-state index is 6.05. The molecule has 0 spiro atoms. The topological polar surface area (TPSA) is 27.7 Å². The predicted molar refractivity (Wildman–Crippen MR) is 84.9 cm³/mol. The largest absolute Gasteiger partial charge is 0.427 e.